The number of nitro groups is 1. The van der Waals surface area contributed by atoms with E-state index in [-0.39, 0.29) is 16.7 Å². The maximum Gasteiger partial charge on any atom is 0.333 e. The summed E-state index contributed by atoms with van der Waals surface area (Å²) in [6, 6.07) is 0. The molecule has 0 aliphatic carbocycles. The first-order valence-electron chi connectivity index (χ1n) is 6.69. The van der Waals surface area contributed by atoms with E-state index in [1.54, 1.807) is 11.7 Å². The minimum Gasteiger partial charge on any atom is -0.376 e. The summed E-state index contributed by atoms with van der Waals surface area (Å²) in [5.74, 6) is 0.469. The first-order chi connectivity index (χ1) is 9.13. The van der Waals surface area contributed by atoms with Crippen molar-refractivity contribution in [3.8, 4) is 0 Å². The first kappa shape index (κ1) is 13.8. The SMILES string of the molecule is CCc1nn(C)c(NCC2CCCCO2)c1[N+](=O)[O-]. The quantitative estimate of drug-likeness (QED) is 0.651. The van der Waals surface area contributed by atoms with E-state index >= 15 is 0 Å². The second-order valence-electron chi connectivity index (χ2n) is 4.75. The number of rotatable bonds is 5. The molecule has 1 unspecified atom stereocenters. The molecule has 2 rings (SSSR count). The predicted molar refractivity (Wildman–Crippen MR) is 71.3 cm³/mol. The smallest absolute Gasteiger partial charge is 0.333 e. The molecule has 2 heterocycles. The summed E-state index contributed by atoms with van der Waals surface area (Å²) in [4.78, 5) is 10.8. The molecule has 1 atom stereocenters. The zero-order chi connectivity index (χ0) is 13.8. The Bertz CT molecular complexity index is 452. The Morgan fingerprint density at radius 2 is 2.37 bits per heavy atom. The largest absolute Gasteiger partial charge is 0.376 e. The van der Waals surface area contributed by atoms with Gasteiger partial charge in [-0.15, -0.1) is 0 Å². The molecule has 0 spiro atoms. The molecule has 106 valence electrons. The van der Waals surface area contributed by atoms with Crippen LogP contribution in [0.2, 0.25) is 0 Å². The average molecular weight is 268 g/mol. The van der Waals surface area contributed by atoms with E-state index in [0.717, 1.165) is 25.9 Å². The van der Waals surface area contributed by atoms with Gasteiger partial charge in [-0.25, -0.2) is 4.68 Å². The Balaban J connectivity index is 2.10. The van der Waals surface area contributed by atoms with Crippen molar-refractivity contribution < 1.29 is 9.66 Å². The second kappa shape index (κ2) is 6.01. The number of hydrogen-bond acceptors (Lipinski definition) is 5. The highest BCUT2D eigenvalue weighted by atomic mass is 16.6. The van der Waals surface area contributed by atoms with Crippen LogP contribution in [0.4, 0.5) is 11.5 Å². The van der Waals surface area contributed by atoms with E-state index < -0.39 is 0 Å². The number of anilines is 1. The summed E-state index contributed by atoms with van der Waals surface area (Å²) in [5.41, 5.74) is 0.598. The molecule has 1 aromatic rings. The molecule has 1 aromatic heterocycles. The maximum atomic E-state index is 11.1. The van der Waals surface area contributed by atoms with E-state index in [2.05, 4.69) is 10.4 Å². The lowest BCUT2D eigenvalue weighted by Gasteiger charge is -2.22. The van der Waals surface area contributed by atoms with Gasteiger partial charge in [-0.2, -0.15) is 5.10 Å². The number of nitrogens with one attached hydrogen (secondary N) is 1. The number of nitrogens with zero attached hydrogens (tertiary/aromatic N) is 3. The summed E-state index contributed by atoms with van der Waals surface area (Å²) < 4.78 is 7.15. The van der Waals surface area contributed by atoms with Gasteiger partial charge in [0.2, 0.25) is 5.82 Å². The van der Waals surface area contributed by atoms with E-state index in [9.17, 15) is 10.1 Å². The Morgan fingerprint density at radius 3 is 2.95 bits per heavy atom. The van der Waals surface area contributed by atoms with E-state index in [0.29, 0.717) is 24.5 Å². The van der Waals surface area contributed by atoms with Gasteiger partial charge in [0, 0.05) is 20.2 Å². The minimum absolute atomic E-state index is 0.0841. The van der Waals surface area contributed by atoms with Crippen molar-refractivity contribution in [2.45, 2.75) is 38.7 Å². The minimum atomic E-state index is -0.365. The van der Waals surface area contributed by atoms with E-state index in [1.165, 1.54) is 0 Å². The Hall–Kier alpha value is -1.63. The van der Waals surface area contributed by atoms with Crippen LogP contribution in [-0.4, -0.2) is 34.0 Å². The maximum absolute atomic E-state index is 11.1. The Labute approximate surface area is 112 Å². The molecular formula is C12H20N4O3. The van der Waals surface area contributed by atoms with Gasteiger partial charge in [0.25, 0.3) is 0 Å². The van der Waals surface area contributed by atoms with Crippen molar-refractivity contribution >= 4 is 11.5 Å². The third-order valence-corrected chi connectivity index (χ3v) is 3.38. The fourth-order valence-corrected chi connectivity index (χ4v) is 2.38. The van der Waals surface area contributed by atoms with Crippen LogP contribution < -0.4 is 5.32 Å². The van der Waals surface area contributed by atoms with Gasteiger partial charge in [-0.05, 0) is 25.7 Å². The van der Waals surface area contributed by atoms with Crippen LogP contribution in [0.3, 0.4) is 0 Å². The zero-order valence-electron chi connectivity index (χ0n) is 11.4. The lowest BCUT2D eigenvalue weighted by Crippen LogP contribution is -2.27. The predicted octanol–water partition coefficient (Wildman–Crippen LogP) is 1.87. The Kier molecular flexibility index (Phi) is 4.36. The molecular weight excluding hydrogens is 248 g/mol. The highest BCUT2D eigenvalue weighted by Crippen LogP contribution is 2.28. The molecule has 7 heteroatoms. The third-order valence-electron chi connectivity index (χ3n) is 3.38. The van der Waals surface area contributed by atoms with Crippen LogP contribution in [0, 0.1) is 10.1 Å². The van der Waals surface area contributed by atoms with Gasteiger partial charge in [-0.1, -0.05) is 6.92 Å². The molecule has 0 aromatic carbocycles. The van der Waals surface area contributed by atoms with Gasteiger partial charge in [-0.3, -0.25) is 10.1 Å². The summed E-state index contributed by atoms with van der Waals surface area (Å²) in [6.07, 6.45) is 3.93. The molecule has 1 saturated heterocycles. The molecule has 0 amide bonds. The highest BCUT2D eigenvalue weighted by Gasteiger charge is 2.26. The molecule has 19 heavy (non-hydrogen) atoms. The molecule has 1 fully saturated rings. The second-order valence-corrected chi connectivity index (χ2v) is 4.75. The summed E-state index contributed by atoms with van der Waals surface area (Å²) >= 11 is 0. The van der Waals surface area contributed by atoms with Crippen molar-refractivity contribution in [3.05, 3.63) is 15.8 Å². The van der Waals surface area contributed by atoms with E-state index in [1.807, 2.05) is 6.92 Å². The molecule has 1 N–H and O–H groups in total. The van der Waals surface area contributed by atoms with Gasteiger partial charge in [0.1, 0.15) is 5.69 Å². The van der Waals surface area contributed by atoms with Crippen LogP contribution in [0.5, 0.6) is 0 Å². The zero-order valence-corrected chi connectivity index (χ0v) is 11.4. The average Bonchev–Trinajstić information content (AvgIpc) is 2.74. The van der Waals surface area contributed by atoms with Crippen LogP contribution in [0.25, 0.3) is 0 Å². The molecule has 7 nitrogen and oxygen atoms in total. The first-order valence-corrected chi connectivity index (χ1v) is 6.69. The van der Waals surface area contributed by atoms with Crippen molar-refractivity contribution in [1.29, 1.82) is 0 Å². The van der Waals surface area contributed by atoms with Gasteiger partial charge in [0.15, 0.2) is 0 Å². The van der Waals surface area contributed by atoms with Gasteiger partial charge >= 0.3 is 5.69 Å². The normalized spacial score (nSPS) is 19.4. The Morgan fingerprint density at radius 1 is 1.58 bits per heavy atom. The molecule has 1 aliphatic heterocycles. The highest BCUT2D eigenvalue weighted by molar-refractivity contribution is 5.59. The standard InChI is InChI=1S/C12H20N4O3/c1-3-10-11(16(17)18)12(15(2)14-10)13-8-9-6-4-5-7-19-9/h9,13H,3-8H2,1-2H3. The van der Waals surface area contributed by atoms with Gasteiger partial charge in [0.05, 0.1) is 11.0 Å². The number of aromatic nitrogens is 2. The van der Waals surface area contributed by atoms with Crippen molar-refractivity contribution in [1.82, 2.24) is 9.78 Å². The van der Waals surface area contributed by atoms with Crippen molar-refractivity contribution in [2.75, 3.05) is 18.5 Å². The lowest BCUT2D eigenvalue weighted by atomic mass is 10.1. The monoisotopic (exact) mass is 268 g/mol. The van der Waals surface area contributed by atoms with Crippen LogP contribution >= 0.6 is 0 Å². The number of ether oxygens (including phenoxy) is 1. The van der Waals surface area contributed by atoms with Crippen LogP contribution in [0.15, 0.2) is 0 Å². The van der Waals surface area contributed by atoms with Crippen LogP contribution in [-0.2, 0) is 18.2 Å². The fraction of sp³-hybridized carbons (Fsp3) is 0.750. The summed E-state index contributed by atoms with van der Waals surface area (Å²) in [6.45, 7) is 3.23. The molecule has 0 saturated carbocycles. The van der Waals surface area contributed by atoms with Gasteiger partial charge < -0.3 is 10.1 Å². The van der Waals surface area contributed by atoms with E-state index in [4.69, 9.17) is 4.74 Å². The summed E-state index contributed by atoms with van der Waals surface area (Å²) in [7, 11) is 1.72. The molecule has 1 aliphatic rings. The summed E-state index contributed by atoms with van der Waals surface area (Å²) in [5, 5.41) is 18.5. The van der Waals surface area contributed by atoms with Crippen LogP contribution in [0.1, 0.15) is 31.9 Å². The van der Waals surface area contributed by atoms with Crippen molar-refractivity contribution in [2.24, 2.45) is 7.05 Å². The third kappa shape index (κ3) is 3.04. The van der Waals surface area contributed by atoms with Crippen molar-refractivity contribution in [3.63, 3.8) is 0 Å². The number of aryl methyl sites for hydroxylation is 2. The number of hydrogen-bond donors (Lipinski definition) is 1. The molecule has 0 radical (unpaired) electrons. The fourth-order valence-electron chi connectivity index (χ4n) is 2.38. The molecule has 0 bridgehead atoms. The topological polar surface area (TPSA) is 82.2 Å². The lowest BCUT2D eigenvalue weighted by molar-refractivity contribution is -0.384.